The number of rotatable bonds is 5. The van der Waals surface area contributed by atoms with Crippen molar-refractivity contribution in [3.05, 3.63) is 5.21 Å². The summed E-state index contributed by atoms with van der Waals surface area (Å²) in [5, 5.41) is 25.2. The Morgan fingerprint density at radius 1 is 1.21 bits per heavy atom. The highest BCUT2D eigenvalue weighted by Crippen LogP contribution is 1.86. The molecular weight excluding hydrogens is 184 g/mol. The predicted octanol–water partition coefficient (Wildman–Crippen LogP) is 1.21. The van der Waals surface area contributed by atoms with Crippen LogP contribution in [0.4, 0.5) is 0 Å². The first-order valence-corrected chi connectivity index (χ1v) is 4.95. The van der Waals surface area contributed by atoms with Gasteiger partial charge in [0.15, 0.2) is 0 Å². The van der Waals surface area contributed by atoms with Crippen molar-refractivity contribution in [3.8, 4) is 0 Å². The first kappa shape index (κ1) is 15.4. The van der Waals surface area contributed by atoms with E-state index in [4.69, 9.17) is 5.21 Å². The molecule has 0 amide bonds. The number of hydrazine groups is 1. The molecule has 0 aliphatic heterocycles. The summed E-state index contributed by atoms with van der Waals surface area (Å²) in [7, 11) is 0. The summed E-state index contributed by atoms with van der Waals surface area (Å²) >= 11 is 0. The summed E-state index contributed by atoms with van der Waals surface area (Å²) in [6.45, 7) is 11.1. The lowest BCUT2D eigenvalue weighted by Crippen LogP contribution is -2.29. The second kappa shape index (κ2) is 12.0. The SMILES string of the molecule is CCN(CC)[N+]([O-])=NO.CCNCC. The summed E-state index contributed by atoms with van der Waals surface area (Å²) in [4.78, 5) is 0.167. The maximum absolute atomic E-state index is 10.4. The van der Waals surface area contributed by atoms with Crippen LogP contribution in [0.15, 0.2) is 5.28 Å². The Balaban J connectivity index is 0. The summed E-state index contributed by atoms with van der Waals surface area (Å²) in [5.74, 6) is 0. The van der Waals surface area contributed by atoms with Gasteiger partial charge in [-0.3, -0.25) is 0 Å². The van der Waals surface area contributed by atoms with Crippen LogP contribution in [0.5, 0.6) is 0 Å². The quantitative estimate of drug-likeness (QED) is 0.403. The maximum Gasteiger partial charge on any atom is 0.230 e. The van der Waals surface area contributed by atoms with Crippen molar-refractivity contribution in [2.75, 3.05) is 26.2 Å². The standard InChI is InChI=1S/C4H11N3O2.C4H11N/c1-3-6(4-2)7(9)5-8;1-3-5-4-2/h8H,3-4H2,1-2H3;5H,3-4H2,1-2H3. The normalized spacial score (nSPS) is 10.4. The van der Waals surface area contributed by atoms with Crippen LogP contribution in [0.25, 0.3) is 0 Å². The molecule has 0 spiro atoms. The summed E-state index contributed by atoms with van der Waals surface area (Å²) in [6.07, 6.45) is 0. The second-order valence-electron chi connectivity index (χ2n) is 2.44. The van der Waals surface area contributed by atoms with Crippen LogP contribution in [0, 0.1) is 5.21 Å². The lowest BCUT2D eigenvalue weighted by molar-refractivity contribution is -0.708. The van der Waals surface area contributed by atoms with Gasteiger partial charge in [-0.2, -0.15) is 0 Å². The van der Waals surface area contributed by atoms with Crippen LogP contribution < -0.4 is 5.32 Å². The van der Waals surface area contributed by atoms with Crippen molar-refractivity contribution in [1.82, 2.24) is 10.3 Å². The van der Waals surface area contributed by atoms with Crippen molar-refractivity contribution in [3.63, 3.8) is 0 Å². The minimum atomic E-state index is 0.167. The van der Waals surface area contributed by atoms with Crippen molar-refractivity contribution in [2.24, 2.45) is 5.28 Å². The fraction of sp³-hybridized carbons (Fsp3) is 1.00. The van der Waals surface area contributed by atoms with Gasteiger partial charge in [0.05, 0.1) is 18.1 Å². The second-order valence-corrected chi connectivity index (χ2v) is 2.44. The molecule has 0 aliphatic rings. The predicted molar refractivity (Wildman–Crippen MR) is 55.0 cm³/mol. The van der Waals surface area contributed by atoms with Crippen molar-refractivity contribution >= 4 is 0 Å². The van der Waals surface area contributed by atoms with E-state index in [0.29, 0.717) is 13.1 Å². The summed E-state index contributed by atoms with van der Waals surface area (Å²) < 4.78 is 0. The molecule has 0 aliphatic carbocycles. The van der Waals surface area contributed by atoms with E-state index in [1.807, 2.05) is 0 Å². The number of hydrogen-bond donors (Lipinski definition) is 2. The molecule has 0 rings (SSSR count). The lowest BCUT2D eigenvalue weighted by atomic mass is 10.6. The van der Waals surface area contributed by atoms with E-state index in [1.165, 1.54) is 5.01 Å². The van der Waals surface area contributed by atoms with E-state index in [9.17, 15) is 5.21 Å². The highest BCUT2D eigenvalue weighted by atomic mass is 16.6. The van der Waals surface area contributed by atoms with Gasteiger partial charge in [-0.15, -0.1) is 5.01 Å². The Labute approximate surface area is 85.7 Å². The molecule has 0 fully saturated rings. The molecule has 0 saturated carbocycles. The van der Waals surface area contributed by atoms with Crippen LogP contribution in [0.1, 0.15) is 27.7 Å². The van der Waals surface area contributed by atoms with E-state index >= 15 is 0 Å². The fourth-order valence-corrected chi connectivity index (χ4v) is 0.772. The van der Waals surface area contributed by atoms with Crippen LogP contribution >= 0.6 is 0 Å². The summed E-state index contributed by atoms with van der Waals surface area (Å²) in [6, 6.07) is 0. The van der Waals surface area contributed by atoms with Gasteiger partial charge in [-0.1, -0.05) is 13.8 Å². The molecule has 14 heavy (non-hydrogen) atoms. The van der Waals surface area contributed by atoms with Crippen LogP contribution in [-0.2, 0) is 0 Å². The molecule has 0 unspecified atom stereocenters. The molecule has 0 radical (unpaired) electrons. The number of nitrogens with one attached hydrogen (secondary N) is 1. The molecule has 0 heterocycles. The largest absolute Gasteiger partial charge is 0.569 e. The van der Waals surface area contributed by atoms with Crippen molar-refractivity contribution in [2.45, 2.75) is 27.7 Å². The number of hydrogen-bond acceptors (Lipinski definition) is 3. The Hall–Kier alpha value is -1.04. The minimum absolute atomic E-state index is 0.167. The smallest absolute Gasteiger partial charge is 0.230 e. The first-order valence-electron chi connectivity index (χ1n) is 4.95. The van der Waals surface area contributed by atoms with Gasteiger partial charge in [-0.05, 0) is 26.9 Å². The monoisotopic (exact) mass is 206 g/mol. The molecule has 0 saturated heterocycles. The lowest BCUT2D eigenvalue weighted by Gasteiger charge is -2.11. The third-order valence-corrected chi connectivity index (χ3v) is 1.55. The van der Waals surface area contributed by atoms with E-state index in [2.05, 4.69) is 24.4 Å². The molecule has 86 valence electrons. The zero-order valence-electron chi connectivity index (χ0n) is 9.53. The van der Waals surface area contributed by atoms with Crippen LogP contribution in [0.3, 0.4) is 0 Å². The third-order valence-electron chi connectivity index (χ3n) is 1.55. The van der Waals surface area contributed by atoms with E-state index in [0.717, 1.165) is 13.1 Å². The molecule has 6 heteroatoms. The van der Waals surface area contributed by atoms with Gasteiger partial charge in [0.2, 0.25) is 5.28 Å². The molecule has 2 N–H and O–H groups in total. The molecule has 0 aromatic carbocycles. The topological polar surface area (TPSA) is 73.9 Å². The molecule has 0 bridgehead atoms. The molecule has 6 nitrogen and oxygen atoms in total. The Morgan fingerprint density at radius 2 is 1.64 bits per heavy atom. The minimum Gasteiger partial charge on any atom is -0.569 e. The van der Waals surface area contributed by atoms with Gasteiger partial charge in [0.1, 0.15) is 0 Å². The number of nitrogens with zero attached hydrogens (tertiary/aromatic N) is 3. The van der Waals surface area contributed by atoms with Crippen LogP contribution in [0.2, 0.25) is 0 Å². The highest BCUT2D eigenvalue weighted by Gasteiger charge is 2.04. The Kier molecular flexibility index (Phi) is 13.2. The fourth-order valence-electron chi connectivity index (χ4n) is 0.772. The van der Waals surface area contributed by atoms with E-state index < -0.39 is 0 Å². The van der Waals surface area contributed by atoms with Crippen LogP contribution in [-0.4, -0.2) is 41.4 Å². The average molecular weight is 206 g/mol. The van der Waals surface area contributed by atoms with Crippen molar-refractivity contribution < 1.29 is 10.2 Å². The molecule has 0 aromatic rings. The van der Waals surface area contributed by atoms with Gasteiger partial charge < -0.3 is 15.7 Å². The van der Waals surface area contributed by atoms with Gasteiger partial charge >= 0.3 is 0 Å². The first-order chi connectivity index (χ1) is 6.67. The van der Waals surface area contributed by atoms with E-state index in [-0.39, 0.29) is 4.97 Å². The van der Waals surface area contributed by atoms with Crippen molar-refractivity contribution in [1.29, 1.82) is 0 Å². The maximum atomic E-state index is 10.4. The van der Waals surface area contributed by atoms with Gasteiger partial charge in [0.25, 0.3) is 0 Å². The zero-order valence-corrected chi connectivity index (χ0v) is 9.53. The zero-order chi connectivity index (χ0) is 11.4. The van der Waals surface area contributed by atoms with E-state index in [1.54, 1.807) is 13.8 Å². The molecule has 0 atom stereocenters. The third kappa shape index (κ3) is 9.05. The Bertz CT molecular complexity index is 135. The van der Waals surface area contributed by atoms with Gasteiger partial charge in [-0.25, -0.2) is 0 Å². The molecule has 0 aromatic heterocycles. The Morgan fingerprint density at radius 3 is 1.71 bits per heavy atom. The average Bonchev–Trinajstić information content (AvgIpc) is 2.21. The molecular formula is C8H22N4O2. The summed E-state index contributed by atoms with van der Waals surface area (Å²) in [5.41, 5.74) is 0. The van der Waals surface area contributed by atoms with Gasteiger partial charge in [0, 0.05) is 0 Å². The highest BCUT2D eigenvalue weighted by molar-refractivity contribution is 4.29.